The fourth-order valence-electron chi connectivity index (χ4n) is 2.57. The third kappa shape index (κ3) is 2.21. The molecule has 1 saturated heterocycles. The van der Waals surface area contributed by atoms with Gasteiger partial charge in [-0.25, -0.2) is 0 Å². The van der Waals surface area contributed by atoms with Gasteiger partial charge in [-0.15, -0.1) is 0 Å². The fourth-order valence-corrected chi connectivity index (χ4v) is 2.57. The molecule has 0 radical (unpaired) electrons. The van der Waals surface area contributed by atoms with Gasteiger partial charge < -0.3 is 4.90 Å². The molecule has 0 aliphatic carbocycles. The van der Waals surface area contributed by atoms with Crippen LogP contribution in [0.15, 0.2) is 30.6 Å². The molecule has 20 heavy (non-hydrogen) atoms. The van der Waals surface area contributed by atoms with E-state index in [2.05, 4.69) is 16.0 Å². The maximum atomic E-state index is 12.5. The molecule has 1 aliphatic rings. The molecular weight excluding hydrogens is 252 g/mol. The molecule has 5 heteroatoms. The van der Waals surface area contributed by atoms with Gasteiger partial charge in [0.15, 0.2) is 0 Å². The van der Waals surface area contributed by atoms with E-state index in [1.54, 1.807) is 35.5 Å². The Morgan fingerprint density at radius 1 is 1.25 bits per heavy atom. The van der Waals surface area contributed by atoms with Gasteiger partial charge in [-0.1, -0.05) is 0 Å². The Balaban J connectivity index is 1.93. The van der Waals surface area contributed by atoms with Gasteiger partial charge in [0.1, 0.15) is 6.04 Å². The van der Waals surface area contributed by atoms with Crippen molar-refractivity contribution in [1.82, 2.24) is 14.9 Å². The van der Waals surface area contributed by atoms with E-state index in [-0.39, 0.29) is 11.9 Å². The highest BCUT2D eigenvalue weighted by atomic mass is 16.2. The van der Waals surface area contributed by atoms with Gasteiger partial charge in [-0.2, -0.15) is 5.26 Å². The summed E-state index contributed by atoms with van der Waals surface area (Å²) in [5.74, 6) is -0.0937. The minimum Gasteiger partial charge on any atom is -0.323 e. The second kappa shape index (κ2) is 5.25. The van der Waals surface area contributed by atoms with Crippen LogP contribution in [0.1, 0.15) is 29.6 Å². The van der Waals surface area contributed by atoms with Crippen LogP contribution in [0.25, 0.3) is 11.0 Å². The van der Waals surface area contributed by atoms with Crippen LogP contribution in [0, 0.1) is 11.3 Å². The molecule has 1 amide bonds. The van der Waals surface area contributed by atoms with Crippen molar-refractivity contribution in [3.05, 3.63) is 36.2 Å². The third-order valence-electron chi connectivity index (χ3n) is 3.63. The smallest absolute Gasteiger partial charge is 0.255 e. The topological polar surface area (TPSA) is 69.9 Å². The van der Waals surface area contributed by atoms with Crippen LogP contribution in [-0.2, 0) is 0 Å². The first kappa shape index (κ1) is 12.5. The van der Waals surface area contributed by atoms with E-state index in [0.717, 1.165) is 24.8 Å². The van der Waals surface area contributed by atoms with Gasteiger partial charge in [-0.05, 0) is 37.5 Å². The van der Waals surface area contributed by atoms with Crippen molar-refractivity contribution in [2.45, 2.75) is 25.3 Å². The van der Waals surface area contributed by atoms with Gasteiger partial charge >= 0.3 is 0 Å². The van der Waals surface area contributed by atoms with E-state index in [1.165, 1.54) is 0 Å². The highest BCUT2D eigenvalue weighted by molar-refractivity contribution is 5.97. The molecule has 2 aromatic rings. The molecule has 5 nitrogen and oxygen atoms in total. The number of rotatable bonds is 1. The van der Waals surface area contributed by atoms with Crippen molar-refractivity contribution in [2.75, 3.05) is 6.54 Å². The molecule has 0 N–H and O–H groups in total. The number of benzene rings is 1. The molecular formula is C15H14N4O. The average molecular weight is 266 g/mol. The lowest BCUT2D eigenvalue weighted by Gasteiger charge is -2.31. The van der Waals surface area contributed by atoms with Crippen LogP contribution in [0.4, 0.5) is 0 Å². The van der Waals surface area contributed by atoms with Crippen molar-refractivity contribution in [3.63, 3.8) is 0 Å². The molecule has 1 aromatic carbocycles. The molecule has 1 unspecified atom stereocenters. The molecule has 3 rings (SSSR count). The van der Waals surface area contributed by atoms with Crippen molar-refractivity contribution in [3.8, 4) is 6.07 Å². The van der Waals surface area contributed by atoms with Crippen LogP contribution >= 0.6 is 0 Å². The predicted molar refractivity (Wildman–Crippen MR) is 73.8 cm³/mol. The van der Waals surface area contributed by atoms with Gasteiger partial charge in [0.25, 0.3) is 5.91 Å². The van der Waals surface area contributed by atoms with Crippen LogP contribution in [0.5, 0.6) is 0 Å². The number of likely N-dealkylation sites (tertiary alicyclic amines) is 1. The lowest BCUT2D eigenvalue weighted by molar-refractivity contribution is 0.0671. The summed E-state index contributed by atoms with van der Waals surface area (Å²) in [6, 6.07) is 7.20. The van der Waals surface area contributed by atoms with Gasteiger partial charge in [-0.3, -0.25) is 14.8 Å². The van der Waals surface area contributed by atoms with Crippen LogP contribution in [0.2, 0.25) is 0 Å². The minimum absolute atomic E-state index is 0.0937. The Bertz CT molecular complexity index is 692. The SMILES string of the molecule is N#CC1CCCCN1C(=O)c1ccc2nccnc2c1. The first-order valence-corrected chi connectivity index (χ1v) is 6.71. The molecule has 2 heterocycles. The third-order valence-corrected chi connectivity index (χ3v) is 3.63. The summed E-state index contributed by atoms with van der Waals surface area (Å²) in [6.07, 6.45) is 5.95. The number of hydrogen-bond acceptors (Lipinski definition) is 4. The highest BCUT2D eigenvalue weighted by Crippen LogP contribution is 2.20. The summed E-state index contributed by atoms with van der Waals surface area (Å²) < 4.78 is 0. The van der Waals surface area contributed by atoms with Crippen LogP contribution in [-0.4, -0.2) is 33.4 Å². The predicted octanol–water partition coefficient (Wildman–Crippen LogP) is 2.15. The number of nitriles is 1. The quantitative estimate of drug-likeness (QED) is 0.793. The van der Waals surface area contributed by atoms with Crippen LogP contribution in [0.3, 0.4) is 0 Å². The Morgan fingerprint density at radius 3 is 2.85 bits per heavy atom. The molecule has 1 aromatic heterocycles. The van der Waals surface area contributed by atoms with Gasteiger partial charge in [0, 0.05) is 24.5 Å². The normalized spacial score (nSPS) is 18.8. The van der Waals surface area contributed by atoms with E-state index < -0.39 is 0 Å². The van der Waals surface area contributed by atoms with Crippen molar-refractivity contribution < 1.29 is 4.79 Å². The van der Waals surface area contributed by atoms with Gasteiger partial charge in [0.2, 0.25) is 0 Å². The standard InChI is InChI=1S/C15H14N4O/c16-10-12-3-1-2-8-19(12)15(20)11-4-5-13-14(9-11)18-7-6-17-13/h4-7,9,12H,1-3,8H2. The Morgan fingerprint density at radius 2 is 2.05 bits per heavy atom. The molecule has 1 aliphatic heterocycles. The maximum absolute atomic E-state index is 12.5. The van der Waals surface area contributed by atoms with Crippen LogP contribution < -0.4 is 0 Å². The van der Waals surface area contributed by atoms with Crippen molar-refractivity contribution in [2.24, 2.45) is 0 Å². The minimum atomic E-state index is -0.311. The zero-order chi connectivity index (χ0) is 13.9. The number of fused-ring (bicyclic) bond motifs is 1. The Kier molecular flexibility index (Phi) is 3.30. The number of nitrogens with zero attached hydrogens (tertiary/aromatic N) is 4. The molecule has 1 atom stereocenters. The highest BCUT2D eigenvalue weighted by Gasteiger charge is 2.27. The second-order valence-electron chi connectivity index (χ2n) is 4.90. The van der Waals surface area contributed by atoms with Gasteiger partial charge in [0.05, 0.1) is 17.1 Å². The van der Waals surface area contributed by atoms with Crippen molar-refractivity contribution >= 4 is 16.9 Å². The number of piperidine rings is 1. The number of carbonyl (C=O) groups excluding carboxylic acids is 1. The first-order chi connectivity index (χ1) is 9.79. The summed E-state index contributed by atoms with van der Waals surface area (Å²) in [6.45, 7) is 0.648. The number of amides is 1. The Hall–Kier alpha value is -2.48. The maximum Gasteiger partial charge on any atom is 0.255 e. The van der Waals surface area contributed by atoms with E-state index in [1.807, 2.05) is 0 Å². The van der Waals surface area contributed by atoms with E-state index >= 15 is 0 Å². The molecule has 100 valence electrons. The largest absolute Gasteiger partial charge is 0.323 e. The van der Waals surface area contributed by atoms with E-state index in [4.69, 9.17) is 5.26 Å². The first-order valence-electron chi connectivity index (χ1n) is 6.71. The second-order valence-corrected chi connectivity index (χ2v) is 4.90. The zero-order valence-corrected chi connectivity index (χ0v) is 11.0. The molecule has 0 bridgehead atoms. The van der Waals surface area contributed by atoms with E-state index in [0.29, 0.717) is 17.6 Å². The lowest BCUT2D eigenvalue weighted by Crippen LogP contribution is -2.42. The number of aromatic nitrogens is 2. The van der Waals surface area contributed by atoms with Crippen molar-refractivity contribution in [1.29, 1.82) is 5.26 Å². The average Bonchev–Trinajstić information content (AvgIpc) is 2.53. The summed E-state index contributed by atoms with van der Waals surface area (Å²) in [5.41, 5.74) is 2.03. The summed E-state index contributed by atoms with van der Waals surface area (Å²) in [7, 11) is 0. The van der Waals surface area contributed by atoms with E-state index in [9.17, 15) is 4.79 Å². The Labute approximate surface area is 116 Å². The summed E-state index contributed by atoms with van der Waals surface area (Å²) >= 11 is 0. The fraction of sp³-hybridized carbons (Fsp3) is 0.333. The summed E-state index contributed by atoms with van der Waals surface area (Å²) in [5, 5.41) is 9.16. The molecule has 1 fully saturated rings. The zero-order valence-electron chi connectivity index (χ0n) is 11.0. The lowest BCUT2D eigenvalue weighted by atomic mass is 10.0. The number of carbonyl (C=O) groups is 1. The molecule has 0 spiro atoms. The number of hydrogen-bond donors (Lipinski definition) is 0. The molecule has 0 saturated carbocycles. The summed E-state index contributed by atoms with van der Waals surface area (Å²) in [4.78, 5) is 22.6. The monoisotopic (exact) mass is 266 g/mol.